The quantitative estimate of drug-likeness (QED) is 0.409. The van der Waals surface area contributed by atoms with Gasteiger partial charge in [0.2, 0.25) is 11.0 Å². The zero-order valence-corrected chi connectivity index (χ0v) is 20.4. The molecule has 3 aromatic rings. The first kappa shape index (κ1) is 25.4. The Morgan fingerprint density at radius 2 is 1.86 bits per heavy atom. The van der Waals surface area contributed by atoms with Crippen LogP contribution in [0.3, 0.4) is 0 Å². The van der Waals surface area contributed by atoms with Crippen LogP contribution in [0.2, 0.25) is 0 Å². The highest BCUT2D eigenvalue weighted by atomic mass is 32.2. The molecule has 0 N–H and O–H groups in total. The average molecular weight is 527 g/mol. The molecule has 2 aromatic heterocycles. The Kier molecular flexibility index (Phi) is 7.60. The SMILES string of the molecule is Cc1cc(C(F)(F)F)nn1CC(=O)N1CCC(c2nc(C(=O)SCc3ccc(F)cc3)cs2)CC1. The van der Waals surface area contributed by atoms with Crippen molar-refractivity contribution in [2.45, 2.75) is 44.2 Å². The fourth-order valence-electron chi connectivity index (χ4n) is 3.79. The van der Waals surface area contributed by atoms with Gasteiger partial charge in [0.05, 0.1) is 5.01 Å². The molecular formula is C23H22F4N4O2S2. The molecule has 12 heteroatoms. The molecule has 1 aromatic carbocycles. The molecule has 35 heavy (non-hydrogen) atoms. The number of amides is 1. The minimum absolute atomic E-state index is 0.107. The lowest BCUT2D eigenvalue weighted by Crippen LogP contribution is -2.40. The molecule has 1 aliphatic rings. The van der Waals surface area contributed by atoms with Crippen LogP contribution in [0.4, 0.5) is 17.6 Å². The molecule has 186 valence electrons. The largest absolute Gasteiger partial charge is 0.435 e. The molecule has 1 amide bonds. The van der Waals surface area contributed by atoms with Crippen LogP contribution in [-0.2, 0) is 23.3 Å². The number of halogens is 4. The molecule has 0 aliphatic carbocycles. The molecule has 1 saturated heterocycles. The van der Waals surface area contributed by atoms with Crippen molar-refractivity contribution in [1.29, 1.82) is 0 Å². The van der Waals surface area contributed by atoms with Crippen molar-refractivity contribution in [3.8, 4) is 0 Å². The Morgan fingerprint density at radius 3 is 2.49 bits per heavy atom. The van der Waals surface area contributed by atoms with E-state index in [0.29, 0.717) is 37.4 Å². The highest BCUT2D eigenvalue weighted by Crippen LogP contribution is 2.32. The summed E-state index contributed by atoms with van der Waals surface area (Å²) in [5, 5.41) is 5.93. The maximum atomic E-state index is 13.0. The Labute approximate surface area is 207 Å². The minimum Gasteiger partial charge on any atom is -0.341 e. The van der Waals surface area contributed by atoms with Gasteiger partial charge in [0, 0.05) is 35.8 Å². The number of hydrogen-bond acceptors (Lipinski definition) is 6. The molecule has 0 unspecified atom stereocenters. The number of aryl methyl sites for hydroxylation is 1. The van der Waals surface area contributed by atoms with E-state index in [2.05, 4.69) is 10.1 Å². The zero-order chi connectivity index (χ0) is 25.2. The topological polar surface area (TPSA) is 68.1 Å². The van der Waals surface area contributed by atoms with Crippen molar-refractivity contribution < 1.29 is 27.2 Å². The van der Waals surface area contributed by atoms with Gasteiger partial charge >= 0.3 is 6.18 Å². The summed E-state index contributed by atoms with van der Waals surface area (Å²) in [5.74, 6) is -0.0762. The monoisotopic (exact) mass is 526 g/mol. The molecule has 3 heterocycles. The van der Waals surface area contributed by atoms with Crippen LogP contribution in [0.15, 0.2) is 35.7 Å². The van der Waals surface area contributed by atoms with E-state index in [9.17, 15) is 27.2 Å². The zero-order valence-electron chi connectivity index (χ0n) is 18.7. The normalized spacial score (nSPS) is 14.9. The van der Waals surface area contributed by atoms with Crippen molar-refractivity contribution in [2.24, 2.45) is 0 Å². The fraction of sp³-hybridized carbons (Fsp3) is 0.391. The first-order valence-electron chi connectivity index (χ1n) is 10.9. The highest BCUT2D eigenvalue weighted by molar-refractivity contribution is 8.13. The third kappa shape index (κ3) is 6.29. The van der Waals surface area contributed by atoms with Crippen molar-refractivity contribution in [2.75, 3.05) is 13.1 Å². The fourth-order valence-corrected chi connectivity index (χ4v) is 5.57. The van der Waals surface area contributed by atoms with Crippen LogP contribution in [0, 0.1) is 12.7 Å². The van der Waals surface area contributed by atoms with E-state index >= 15 is 0 Å². The van der Waals surface area contributed by atoms with Crippen molar-refractivity contribution >= 4 is 34.1 Å². The third-order valence-electron chi connectivity index (χ3n) is 5.77. The number of aromatic nitrogens is 3. The number of thioether (sulfide) groups is 1. The summed E-state index contributed by atoms with van der Waals surface area (Å²) >= 11 is 2.52. The Morgan fingerprint density at radius 1 is 1.17 bits per heavy atom. The van der Waals surface area contributed by atoms with Gasteiger partial charge in [-0.25, -0.2) is 9.37 Å². The summed E-state index contributed by atoms with van der Waals surface area (Å²) in [6, 6.07) is 6.92. The Bertz CT molecular complexity index is 1200. The second-order valence-corrected chi connectivity index (χ2v) is 10.1. The summed E-state index contributed by atoms with van der Waals surface area (Å²) in [6.45, 7) is 2.16. The summed E-state index contributed by atoms with van der Waals surface area (Å²) in [5.41, 5.74) is 0.492. The predicted molar refractivity (Wildman–Crippen MR) is 125 cm³/mol. The lowest BCUT2D eigenvalue weighted by atomic mass is 9.97. The van der Waals surface area contributed by atoms with E-state index < -0.39 is 11.9 Å². The van der Waals surface area contributed by atoms with Crippen molar-refractivity contribution in [3.05, 3.63) is 69.2 Å². The van der Waals surface area contributed by atoms with Gasteiger partial charge in [-0.15, -0.1) is 11.3 Å². The number of thiazole rings is 1. The van der Waals surface area contributed by atoms with Crippen molar-refractivity contribution in [3.63, 3.8) is 0 Å². The van der Waals surface area contributed by atoms with Gasteiger partial charge in [0.1, 0.15) is 18.1 Å². The smallest absolute Gasteiger partial charge is 0.341 e. The number of rotatable bonds is 6. The lowest BCUT2D eigenvalue weighted by Gasteiger charge is -2.31. The van der Waals surface area contributed by atoms with Gasteiger partial charge in [0.15, 0.2) is 5.69 Å². The van der Waals surface area contributed by atoms with Crippen LogP contribution >= 0.6 is 23.1 Å². The summed E-state index contributed by atoms with van der Waals surface area (Å²) < 4.78 is 52.6. The molecule has 1 aliphatic heterocycles. The molecule has 4 rings (SSSR count). The van der Waals surface area contributed by atoms with Gasteiger partial charge in [-0.3, -0.25) is 14.3 Å². The number of likely N-dealkylation sites (tertiary alicyclic amines) is 1. The van der Waals surface area contributed by atoms with E-state index in [1.165, 1.54) is 30.4 Å². The van der Waals surface area contributed by atoms with Gasteiger partial charge in [-0.2, -0.15) is 18.3 Å². The molecule has 0 spiro atoms. The lowest BCUT2D eigenvalue weighted by molar-refractivity contribution is -0.142. The molecule has 0 bridgehead atoms. The van der Waals surface area contributed by atoms with E-state index in [4.69, 9.17) is 0 Å². The van der Waals surface area contributed by atoms with E-state index in [-0.39, 0.29) is 35.0 Å². The second-order valence-electron chi connectivity index (χ2n) is 8.26. The number of nitrogens with zero attached hydrogens (tertiary/aromatic N) is 4. The maximum Gasteiger partial charge on any atom is 0.435 e. The average Bonchev–Trinajstić information content (AvgIpc) is 3.46. The number of carbonyl (C=O) groups excluding carboxylic acids is 2. The molecule has 1 fully saturated rings. The van der Waals surface area contributed by atoms with Crippen LogP contribution in [0.25, 0.3) is 0 Å². The Balaban J connectivity index is 1.28. The number of hydrogen-bond donors (Lipinski definition) is 0. The van der Waals surface area contributed by atoms with Gasteiger partial charge in [0.25, 0.3) is 0 Å². The molecule has 0 atom stereocenters. The third-order valence-corrected chi connectivity index (χ3v) is 7.72. The van der Waals surface area contributed by atoms with E-state index in [1.807, 2.05) is 0 Å². The van der Waals surface area contributed by atoms with Crippen LogP contribution < -0.4 is 0 Å². The van der Waals surface area contributed by atoms with Gasteiger partial charge in [-0.1, -0.05) is 23.9 Å². The number of piperidine rings is 1. The first-order valence-corrected chi connectivity index (χ1v) is 12.7. The van der Waals surface area contributed by atoms with Gasteiger partial charge < -0.3 is 4.90 Å². The van der Waals surface area contributed by atoms with Crippen molar-refractivity contribution in [1.82, 2.24) is 19.7 Å². The summed E-state index contributed by atoms with van der Waals surface area (Å²) in [6.07, 6.45) is -3.24. The van der Waals surface area contributed by atoms with Crippen LogP contribution in [-0.4, -0.2) is 43.8 Å². The van der Waals surface area contributed by atoms with Crippen LogP contribution in [0.1, 0.15) is 51.2 Å². The maximum absolute atomic E-state index is 13.0. The predicted octanol–water partition coefficient (Wildman–Crippen LogP) is 5.29. The Hall–Kier alpha value is -2.73. The molecule has 0 saturated carbocycles. The summed E-state index contributed by atoms with van der Waals surface area (Å²) in [4.78, 5) is 31.2. The number of alkyl halides is 3. The number of benzene rings is 1. The van der Waals surface area contributed by atoms with Gasteiger partial charge in [-0.05, 0) is 43.5 Å². The molecular weight excluding hydrogens is 504 g/mol. The minimum atomic E-state index is -4.55. The molecule has 6 nitrogen and oxygen atoms in total. The number of carbonyl (C=O) groups is 2. The molecule has 0 radical (unpaired) electrons. The van der Waals surface area contributed by atoms with E-state index in [1.54, 1.807) is 22.4 Å². The standard InChI is InChI=1S/C23H22F4N4O2S2/c1-14-10-19(23(25,26)27)29-31(14)11-20(32)30-8-6-16(7-9-30)21-28-18(13-34-21)22(33)35-12-15-2-4-17(24)5-3-15/h2-5,10,13,16H,6-9,11-12H2,1H3. The first-order chi connectivity index (χ1) is 16.6. The van der Waals surface area contributed by atoms with E-state index in [0.717, 1.165) is 33.1 Å². The second kappa shape index (κ2) is 10.5. The van der Waals surface area contributed by atoms with Crippen LogP contribution in [0.5, 0.6) is 0 Å². The summed E-state index contributed by atoms with van der Waals surface area (Å²) in [7, 11) is 0. The highest BCUT2D eigenvalue weighted by Gasteiger charge is 2.35.